The predicted octanol–water partition coefficient (Wildman–Crippen LogP) is 6.92. The number of rotatable bonds is 6. The van der Waals surface area contributed by atoms with Gasteiger partial charge in [-0.25, -0.2) is 8.78 Å². The van der Waals surface area contributed by atoms with Gasteiger partial charge in [0.25, 0.3) is 9.60 Å². The molecule has 0 radical (unpaired) electrons. The van der Waals surface area contributed by atoms with Gasteiger partial charge in [0.15, 0.2) is 0 Å². The van der Waals surface area contributed by atoms with Crippen LogP contribution >= 0.6 is 22.6 Å². The van der Waals surface area contributed by atoms with Gasteiger partial charge >= 0.3 is 18.5 Å². The lowest BCUT2D eigenvalue weighted by atomic mass is 9.82. The van der Waals surface area contributed by atoms with E-state index >= 15 is 0 Å². The highest BCUT2D eigenvalue weighted by Crippen LogP contribution is 2.53. The molecule has 0 aliphatic rings. The van der Waals surface area contributed by atoms with E-state index in [1.54, 1.807) is 0 Å². The highest BCUT2D eigenvalue weighted by Gasteiger charge is 2.73. The second kappa shape index (κ2) is 7.09. The summed E-state index contributed by atoms with van der Waals surface area (Å²) < 4.78 is 161. The van der Waals surface area contributed by atoms with Crippen molar-refractivity contribution in [2.75, 3.05) is 0 Å². The van der Waals surface area contributed by atoms with Crippen molar-refractivity contribution in [3.8, 4) is 0 Å². The number of halogens is 14. The minimum atomic E-state index is -6.64. The Morgan fingerprint density at radius 1 is 0.600 bits per heavy atom. The molecule has 0 aliphatic heterocycles. The van der Waals surface area contributed by atoms with E-state index in [2.05, 4.69) is 0 Å². The topological polar surface area (TPSA) is 0 Å². The Kier molecular flexibility index (Phi) is 7.04. The van der Waals surface area contributed by atoms with Gasteiger partial charge < -0.3 is 0 Å². The molecule has 0 aromatic carbocycles. The van der Waals surface area contributed by atoms with Crippen molar-refractivity contribution in [3.63, 3.8) is 0 Å². The van der Waals surface area contributed by atoms with Gasteiger partial charge in [0, 0.05) is 12.8 Å². The molecule has 0 aliphatic carbocycles. The summed E-state index contributed by atoms with van der Waals surface area (Å²) in [5.74, 6) is -2.91. The molecule has 2 unspecified atom stereocenters. The molecule has 152 valence electrons. The molecule has 0 rings (SSSR count). The van der Waals surface area contributed by atoms with Gasteiger partial charge in [-0.1, -0.05) is 0 Å². The summed E-state index contributed by atoms with van der Waals surface area (Å²) in [6, 6.07) is 0. The zero-order valence-corrected chi connectivity index (χ0v) is 14.1. The first-order chi connectivity index (χ1) is 10.5. The molecule has 0 saturated heterocycles. The number of alkyl halides is 14. The lowest BCUT2D eigenvalue weighted by Crippen LogP contribution is -2.55. The van der Waals surface area contributed by atoms with Crippen LogP contribution in [0.2, 0.25) is 0 Å². The maximum Gasteiger partial charge on any atom is 0.431 e. The molecule has 0 heterocycles. The van der Waals surface area contributed by atoms with E-state index in [1.165, 1.54) is 0 Å². The fraction of sp³-hybridized carbons (Fsp3) is 1.00. The van der Waals surface area contributed by atoms with Crippen LogP contribution < -0.4 is 0 Å². The standard InChI is InChI=1S/C11H10F13I/c1-6(12,9(16,17)18)2-5(4-8(14,15)25)3-7(13,10(19,20)21)11(22,23)24/h5H,2-4H2,1H3. The van der Waals surface area contributed by atoms with Crippen LogP contribution in [0.15, 0.2) is 0 Å². The first-order valence-electron chi connectivity index (χ1n) is 6.18. The molecule has 0 N–H and O–H groups in total. The van der Waals surface area contributed by atoms with Gasteiger partial charge in [0.1, 0.15) is 0 Å². The maximum atomic E-state index is 13.6. The Labute approximate surface area is 146 Å². The SMILES string of the molecule is CC(F)(CC(CC(F)(F)I)CC(F)(C(F)(F)F)C(F)(F)F)C(F)(F)F. The van der Waals surface area contributed by atoms with Crippen LogP contribution in [0.25, 0.3) is 0 Å². The minimum Gasteiger partial charge on any atom is -0.234 e. The van der Waals surface area contributed by atoms with Gasteiger partial charge in [-0.15, -0.1) is 0 Å². The van der Waals surface area contributed by atoms with Crippen molar-refractivity contribution in [3.05, 3.63) is 0 Å². The normalized spacial score (nSPS) is 18.8. The fourth-order valence-electron chi connectivity index (χ4n) is 1.99. The molecule has 0 spiro atoms. The minimum absolute atomic E-state index is 0.236. The molecule has 0 fully saturated rings. The van der Waals surface area contributed by atoms with Crippen molar-refractivity contribution >= 4 is 22.6 Å². The zero-order chi connectivity index (χ0) is 20.7. The second-order valence-electron chi connectivity index (χ2n) is 5.59. The molecule has 14 heteroatoms. The smallest absolute Gasteiger partial charge is 0.234 e. The monoisotopic (exact) mass is 516 g/mol. The summed E-state index contributed by atoms with van der Waals surface area (Å²) in [6.45, 7) is -0.244. The van der Waals surface area contributed by atoms with Crippen LogP contribution in [-0.4, -0.2) is 33.8 Å². The highest BCUT2D eigenvalue weighted by molar-refractivity contribution is 14.1. The third-order valence-electron chi connectivity index (χ3n) is 3.25. The van der Waals surface area contributed by atoms with Crippen LogP contribution in [0.5, 0.6) is 0 Å². The number of hydrogen-bond acceptors (Lipinski definition) is 0. The summed E-state index contributed by atoms with van der Waals surface area (Å²) in [6.07, 6.45) is -26.1. The molecule has 0 saturated carbocycles. The van der Waals surface area contributed by atoms with Gasteiger partial charge in [0.05, 0.1) is 0 Å². The van der Waals surface area contributed by atoms with E-state index in [4.69, 9.17) is 0 Å². The first-order valence-corrected chi connectivity index (χ1v) is 7.26. The Balaban J connectivity index is 5.86. The Morgan fingerprint density at radius 2 is 0.960 bits per heavy atom. The van der Waals surface area contributed by atoms with Gasteiger partial charge in [-0.3, -0.25) is 0 Å². The zero-order valence-electron chi connectivity index (χ0n) is 12.0. The largest absolute Gasteiger partial charge is 0.431 e. The number of hydrogen-bond donors (Lipinski definition) is 0. The molecule has 0 nitrogen and oxygen atoms in total. The van der Waals surface area contributed by atoms with Crippen molar-refractivity contribution in [1.29, 1.82) is 0 Å². The van der Waals surface area contributed by atoms with Gasteiger partial charge in [0.2, 0.25) is 5.67 Å². The second-order valence-corrected chi connectivity index (χ2v) is 7.16. The average molecular weight is 516 g/mol. The van der Waals surface area contributed by atoms with Gasteiger partial charge in [-0.05, 0) is 41.9 Å². The lowest BCUT2D eigenvalue weighted by molar-refractivity contribution is -0.347. The maximum absolute atomic E-state index is 13.6. The molecule has 0 aromatic rings. The quantitative estimate of drug-likeness (QED) is 0.204. The van der Waals surface area contributed by atoms with E-state index in [9.17, 15) is 57.1 Å². The molecule has 0 aromatic heterocycles. The van der Waals surface area contributed by atoms with Crippen molar-refractivity contribution in [1.82, 2.24) is 0 Å². The van der Waals surface area contributed by atoms with E-state index in [0.29, 0.717) is 0 Å². The van der Waals surface area contributed by atoms with Crippen molar-refractivity contribution in [2.24, 2.45) is 5.92 Å². The Morgan fingerprint density at radius 3 is 1.20 bits per heavy atom. The molecular weight excluding hydrogens is 506 g/mol. The third-order valence-corrected chi connectivity index (χ3v) is 3.69. The predicted molar refractivity (Wildman–Crippen MR) is 67.8 cm³/mol. The first kappa shape index (κ1) is 24.8. The highest BCUT2D eigenvalue weighted by atomic mass is 127. The van der Waals surface area contributed by atoms with E-state index < -0.39 is 59.0 Å². The summed E-state index contributed by atoms with van der Waals surface area (Å²) in [5, 5.41) is 0. The summed E-state index contributed by atoms with van der Waals surface area (Å²) in [4.78, 5) is 0. The van der Waals surface area contributed by atoms with E-state index in [0.717, 1.165) is 0 Å². The molecular formula is C11H10F13I. The van der Waals surface area contributed by atoms with Crippen LogP contribution in [-0.2, 0) is 0 Å². The molecule has 0 amide bonds. The summed E-state index contributed by atoms with van der Waals surface area (Å²) in [7, 11) is 0. The fourth-order valence-corrected chi connectivity index (χ4v) is 2.61. The molecule has 25 heavy (non-hydrogen) atoms. The van der Waals surface area contributed by atoms with Gasteiger partial charge in [-0.2, -0.15) is 48.3 Å². The van der Waals surface area contributed by atoms with Crippen LogP contribution in [0, 0.1) is 5.92 Å². The third kappa shape index (κ3) is 6.48. The van der Waals surface area contributed by atoms with Crippen LogP contribution in [0.4, 0.5) is 57.1 Å². The van der Waals surface area contributed by atoms with Crippen LogP contribution in [0.1, 0.15) is 26.2 Å². The van der Waals surface area contributed by atoms with Crippen molar-refractivity contribution < 1.29 is 57.1 Å². The summed E-state index contributed by atoms with van der Waals surface area (Å²) in [5.41, 5.74) is -10.5. The Bertz CT molecular complexity index is 425. The van der Waals surface area contributed by atoms with E-state index in [1.807, 2.05) is 0 Å². The lowest BCUT2D eigenvalue weighted by Gasteiger charge is -2.35. The average Bonchev–Trinajstić information content (AvgIpc) is 2.20. The van der Waals surface area contributed by atoms with Crippen LogP contribution in [0.3, 0.4) is 0 Å². The molecule has 2 atom stereocenters. The van der Waals surface area contributed by atoms with E-state index in [-0.39, 0.29) is 29.5 Å². The van der Waals surface area contributed by atoms with Crippen molar-refractivity contribution in [2.45, 2.75) is 60.0 Å². The Hall–Kier alpha value is -0.180. The molecule has 0 bridgehead atoms. The summed E-state index contributed by atoms with van der Waals surface area (Å²) >= 11 is 0.236.